The smallest absolute Gasteiger partial charge is 0.254 e. The van der Waals surface area contributed by atoms with Gasteiger partial charge in [0.15, 0.2) is 0 Å². The van der Waals surface area contributed by atoms with Crippen LogP contribution in [0.2, 0.25) is 0 Å². The molecule has 140 valence electrons. The van der Waals surface area contributed by atoms with Crippen molar-refractivity contribution in [3.05, 3.63) is 72.2 Å². The molecule has 3 aromatic rings. The highest BCUT2D eigenvalue weighted by atomic mass is 16.2. The quantitative estimate of drug-likeness (QED) is 0.747. The molecule has 1 unspecified atom stereocenters. The van der Waals surface area contributed by atoms with Crippen molar-refractivity contribution in [2.75, 3.05) is 13.1 Å². The van der Waals surface area contributed by atoms with E-state index in [1.807, 2.05) is 47.0 Å². The predicted molar refractivity (Wildman–Crippen MR) is 103 cm³/mol. The molecule has 2 saturated heterocycles. The van der Waals surface area contributed by atoms with Gasteiger partial charge < -0.3 is 14.6 Å². The van der Waals surface area contributed by atoms with E-state index in [1.165, 1.54) is 0 Å². The third-order valence-corrected chi connectivity index (χ3v) is 6.92. The number of hydrogen-bond acceptors (Lipinski definition) is 3. The Morgan fingerprint density at radius 3 is 2.82 bits per heavy atom. The van der Waals surface area contributed by atoms with Crippen LogP contribution in [0.25, 0.3) is 5.65 Å². The SMILES string of the molecule is O=C(NCC[C@@]12C3[C@H]1[C@H]2CN3C(=O)c1ccccc1)c1ccc2nccn2c1. The van der Waals surface area contributed by atoms with Gasteiger partial charge in [0.2, 0.25) is 0 Å². The van der Waals surface area contributed by atoms with Gasteiger partial charge in [0.05, 0.1) is 5.56 Å². The Hall–Kier alpha value is -3.15. The molecule has 28 heavy (non-hydrogen) atoms. The van der Waals surface area contributed by atoms with Gasteiger partial charge >= 0.3 is 0 Å². The van der Waals surface area contributed by atoms with E-state index in [4.69, 9.17) is 0 Å². The van der Waals surface area contributed by atoms with Gasteiger partial charge in [-0.25, -0.2) is 4.98 Å². The molecule has 2 saturated carbocycles. The number of nitrogens with one attached hydrogen (secondary N) is 1. The number of imidazole rings is 1. The van der Waals surface area contributed by atoms with Crippen molar-refractivity contribution in [2.24, 2.45) is 17.3 Å². The number of piperidine rings is 1. The van der Waals surface area contributed by atoms with Crippen molar-refractivity contribution in [3.63, 3.8) is 0 Å². The fourth-order valence-electron chi connectivity index (χ4n) is 5.46. The summed E-state index contributed by atoms with van der Waals surface area (Å²) in [6.45, 7) is 1.52. The second-order valence-electron chi connectivity index (χ2n) is 8.13. The molecule has 7 rings (SSSR count). The Balaban J connectivity index is 1.07. The molecular formula is C22H20N4O2. The molecule has 1 aromatic carbocycles. The van der Waals surface area contributed by atoms with E-state index in [2.05, 4.69) is 15.2 Å². The van der Waals surface area contributed by atoms with Crippen LogP contribution in [0.4, 0.5) is 0 Å². The summed E-state index contributed by atoms with van der Waals surface area (Å²) in [6, 6.07) is 13.6. The zero-order valence-electron chi connectivity index (χ0n) is 15.3. The zero-order chi connectivity index (χ0) is 18.9. The summed E-state index contributed by atoms with van der Waals surface area (Å²) >= 11 is 0. The Morgan fingerprint density at radius 1 is 1.14 bits per heavy atom. The van der Waals surface area contributed by atoms with Gasteiger partial charge in [0, 0.05) is 48.7 Å². The zero-order valence-corrected chi connectivity index (χ0v) is 15.3. The minimum atomic E-state index is -0.0607. The summed E-state index contributed by atoms with van der Waals surface area (Å²) in [7, 11) is 0. The standard InChI is InChI=1S/C22H20N4O2/c27-20(15-6-7-17-23-10-11-25(17)12-15)24-9-8-22-16-13-26(19(22)18(16)22)21(28)14-4-2-1-3-5-14/h1-7,10-12,16,18-19H,8-9,13H2,(H,24,27)/t16-,18-,19?,22+/m1/s1. The number of carbonyl (C=O) groups excluding carboxylic acids is 2. The average Bonchev–Trinajstić information content (AvgIpc) is 3.26. The lowest BCUT2D eigenvalue weighted by atomic mass is 10.0. The van der Waals surface area contributed by atoms with E-state index in [0.29, 0.717) is 30.0 Å². The number of hydrogen-bond donors (Lipinski definition) is 1. The van der Waals surface area contributed by atoms with Gasteiger partial charge in [0.1, 0.15) is 5.65 Å². The summed E-state index contributed by atoms with van der Waals surface area (Å²) in [4.78, 5) is 31.4. The van der Waals surface area contributed by atoms with Gasteiger partial charge in [-0.2, -0.15) is 0 Å². The van der Waals surface area contributed by atoms with E-state index in [0.717, 1.165) is 24.2 Å². The van der Waals surface area contributed by atoms with Crippen LogP contribution >= 0.6 is 0 Å². The first-order valence-corrected chi connectivity index (χ1v) is 9.77. The summed E-state index contributed by atoms with van der Waals surface area (Å²) in [6.07, 6.45) is 6.30. The molecule has 2 bridgehead atoms. The van der Waals surface area contributed by atoms with Crippen LogP contribution in [0, 0.1) is 17.3 Å². The Kier molecular flexibility index (Phi) is 3.08. The van der Waals surface area contributed by atoms with E-state index >= 15 is 0 Å². The maximum absolute atomic E-state index is 12.7. The van der Waals surface area contributed by atoms with E-state index < -0.39 is 0 Å². The third-order valence-electron chi connectivity index (χ3n) is 6.92. The highest BCUT2D eigenvalue weighted by Crippen LogP contribution is 2.87. The molecule has 2 aliphatic carbocycles. The maximum atomic E-state index is 12.7. The van der Waals surface area contributed by atoms with Gasteiger partial charge in [0.25, 0.3) is 11.8 Å². The lowest BCUT2D eigenvalue weighted by Crippen LogP contribution is -2.31. The van der Waals surface area contributed by atoms with Crippen LogP contribution in [-0.4, -0.2) is 45.2 Å². The molecule has 4 atom stereocenters. The topological polar surface area (TPSA) is 66.7 Å². The molecule has 4 aliphatic rings. The highest BCUT2D eigenvalue weighted by molar-refractivity contribution is 5.96. The molecule has 6 heteroatoms. The second kappa shape index (κ2) is 5.44. The number of amides is 2. The first kappa shape index (κ1) is 15.9. The van der Waals surface area contributed by atoms with Crippen molar-refractivity contribution in [3.8, 4) is 0 Å². The largest absolute Gasteiger partial charge is 0.352 e. The molecular weight excluding hydrogens is 352 g/mol. The first-order valence-electron chi connectivity index (χ1n) is 9.77. The second-order valence-corrected chi connectivity index (χ2v) is 8.13. The molecule has 2 amide bonds. The molecule has 2 aliphatic heterocycles. The summed E-state index contributed by atoms with van der Waals surface area (Å²) in [5.74, 6) is 1.37. The molecule has 0 radical (unpaired) electrons. The monoisotopic (exact) mass is 372 g/mol. The molecule has 0 spiro atoms. The van der Waals surface area contributed by atoms with Crippen molar-refractivity contribution in [1.29, 1.82) is 0 Å². The highest BCUT2D eigenvalue weighted by Gasteiger charge is 2.91. The van der Waals surface area contributed by atoms with Crippen molar-refractivity contribution >= 4 is 17.5 Å². The lowest BCUT2D eigenvalue weighted by Gasteiger charge is -2.17. The molecule has 6 nitrogen and oxygen atoms in total. The van der Waals surface area contributed by atoms with Gasteiger partial charge in [-0.05, 0) is 42.5 Å². The first-order chi connectivity index (χ1) is 13.7. The number of aromatic nitrogens is 2. The molecule has 1 N–H and O–H groups in total. The van der Waals surface area contributed by atoms with Gasteiger partial charge in [-0.3, -0.25) is 9.59 Å². The fourth-order valence-corrected chi connectivity index (χ4v) is 5.46. The van der Waals surface area contributed by atoms with Crippen LogP contribution in [-0.2, 0) is 0 Å². The Labute approximate surface area is 162 Å². The van der Waals surface area contributed by atoms with Crippen LogP contribution in [0.5, 0.6) is 0 Å². The van der Waals surface area contributed by atoms with Crippen molar-refractivity contribution < 1.29 is 9.59 Å². The minimum absolute atomic E-state index is 0.0607. The van der Waals surface area contributed by atoms with Crippen LogP contribution in [0.1, 0.15) is 27.1 Å². The third kappa shape index (κ3) is 2.06. The number of rotatable bonds is 5. The number of nitrogens with zero attached hydrogens (tertiary/aromatic N) is 3. The number of carbonyl (C=O) groups is 2. The van der Waals surface area contributed by atoms with E-state index in [1.54, 1.807) is 18.5 Å². The van der Waals surface area contributed by atoms with Crippen molar-refractivity contribution in [2.45, 2.75) is 12.5 Å². The summed E-state index contributed by atoms with van der Waals surface area (Å²) in [5.41, 5.74) is 2.50. The van der Waals surface area contributed by atoms with Gasteiger partial charge in [-0.15, -0.1) is 0 Å². The summed E-state index contributed by atoms with van der Waals surface area (Å²) < 4.78 is 1.85. The van der Waals surface area contributed by atoms with Crippen LogP contribution < -0.4 is 5.32 Å². The van der Waals surface area contributed by atoms with Crippen LogP contribution in [0.15, 0.2) is 61.1 Å². The minimum Gasteiger partial charge on any atom is -0.352 e. The molecule has 4 heterocycles. The Bertz CT molecular complexity index is 1100. The van der Waals surface area contributed by atoms with E-state index in [9.17, 15) is 9.59 Å². The number of fused-ring (bicyclic) bond motifs is 2. The van der Waals surface area contributed by atoms with Crippen LogP contribution in [0.3, 0.4) is 0 Å². The lowest BCUT2D eigenvalue weighted by molar-refractivity contribution is 0.0774. The van der Waals surface area contributed by atoms with E-state index in [-0.39, 0.29) is 17.2 Å². The van der Waals surface area contributed by atoms with Gasteiger partial charge in [-0.1, -0.05) is 18.2 Å². The summed E-state index contributed by atoms with van der Waals surface area (Å²) in [5, 5.41) is 3.05. The van der Waals surface area contributed by atoms with Crippen molar-refractivity contribution in [1.82, 2.24) is 19.6 Å². The number of pyridine rings is 1. The number of benzene rings is 1. The average molecular weight is 372 g/mol. The maximum Gasteiger partial charge on any atom is 0.254 e. The Morgan fingerprint density at radius 2 is 2.00 bits per heavy atom. The fraction of sp³-hybridized carbons (Fsp3) is 0.318. The molecule has 4 fully saturated rings. The molecule has 2 aromatic heterocycles. The predicted octanol–water partition coefficient (Wildman–Crippen LogP) is 2.22. The normalized spacial score (nSPS) is 28.9.